The summed E-state index contributed by atoms with van der Waals surface area (Å²) in [6, 6.07) is 5.24. The summed E-state index contributed by atoms with van der Waals surface area (Å²) in [7, 11) is 0. The molecule has 2 aromatic rings. The van der Waals surface area contributed by atoms with Gasteiger partial charge in [0.2, 0.25) is 0 Å². The zero-order valence-corrected chi connectivity index (χ0v) is 21.0. The number of alkyl halides is 6. The number of carbonyl (C=O) groups is 1. The largest absolute Gasteiger partial charge is 0.465 e. The van der Waals surface area contributed by atoms with E-state index >= 15 is 0 Å². The lowest BCUT2D eigenvalue weighted by atomic mass is 10.0. The number of hydrogen-bond donors (Lipinski definition) is 1. The van der Waals surface area contributed by atoms with Crippen molar-refractivity contribution in [3.63, 3.8) is 0 Å². The lowest BCUT2D eigenvalue weighted by Crippen LogP contribution is -2.31. The zero-order chi connectivity index (χ0) is 27.4. The maximum absolute atomic E-state index is 13.3. The van der Waals surface area contributed by atoms with Gasteiger partial charge in [0.15, 0.2) is 0 Å². The molecule has 0 spiro atoms. The third-order valence-electron chi connectivity index (χ3n) is 6.56. The van der Waals surface area contributed by atoms with Crippen LogP contribution in [0, 0.1) is 0 Å². The monoisotopic (exact) mass is 530 g/mol. The molecule has 0 bridgehead atoms. The van der Waals surface area contributed by atoms with Crippen LogP contribution >= 0.6 is 0 Å². The molecule has 204 valence electrons. The molecule has 37 heavy (non-hydrogen) atoms. The quantitative estimate of drug-likeness (QED) is 0.318. The number of carboxylic acid groups (broad SMARTS) is 1. The second-order valence-corrected chi connectivity index (χ2v) is 9.50. The van der Waals surface area contributed by atoms with Crippen molar-refractivity contribution in [2.75, 3.05) is 18.0 Å². The van der Waals surface area contributed by atoms with E-state index in [0.717, 1.165) is 67.8 Å². The number of fused-ring (bicyclic) bond motifs is 1. The van der Waals surface area contributed by atoms with E-state index in [9.17, 15) is 36.2 Å². The van der Waals surface area contributed by atoms with E-state index in [2.05, 4.69) is 17.9 Å². The number of aryl methyl sites for hydroxylation is 2. The Morgan fingerprint density at radius 1 is 0.838 bits per heavy atom. The molecule has 3 rings (SSSR count). The van der Waals surface area contributed by atoms with Crippen molar-refractivity contribution < 1.29 is 36.2 Å². The van der Waals surface area contributed by atoms with Gasteiger partial charge < -0.3 is 10.0 Å². The minimum atomic E-state index is -5.00. The second-order valence-electron chi connectivity index (χ2n) is 9.50. The molecule has 2 aromatic carbocycles. The highest BCUT2D eigenvalue weighted by molar-refractivity contribution is 5.67. The number of rotatable bonds is 10. The van der Waals surface area contributed by atoms with Gasteiger partial charge in [0.05, 0.1) is 17.7 Å². The average Bonchev–Trinajstić information content (AvgIpc) is 3.27. The molecular formula is C27H32F6N2O2. The summed E-state index contributed by atoms with van der Waals surface area (Å²) >= 11 is 0. The molecule has 0 atom stereocenters. The Labute approximate surface area is 212 Å². The highest BCUT2D eigenvalue weighted by Gasteiger charge is 2.37. The second kappa shape index (κ2) is 11.6. The standard InChI is InChI=1S/C27H32F6N2O2/c1-3-5-10-34(9-4-2)24-14-20-8-6-7-19(20)13-21(24)17-35(25(36)37)16-18-11-22(26(28,29)30)15-23(12-18)27(31,32)33/h11-15H,3-10,16-17H2,1-2H3,(H,36,37). The van der Waals surface area contributed by atoms with Gasteiger partial charge in [-0.05, 0) is 78.6 Å². The number of halogens is 6. The van der Waals surface area contributed by atoms with Crippen molar-refractivity contribution in [1.29, 1.82) is 0 Å². The number of nitrogens with zero attached hydrogens (tertiary/aromatic N) is 2. The fourth-order valence-electron chi connectivity index (χ4n) is 4.78. The maximum atomic E-state index is 13.3. The Hall–Kier alpha value is -2.91. The predicted octanol–water partition coefficient (Wildman–Crippen LogP) is 7.91. The van der Waals surface area contributed by atoms with E-state index in [1.165, 1.54) is 5.56 Å². The van der Waals surface area contributed by atoms with Gasteiger partial charge in [-0.1, -0.05) is 26.3 Å². The van der Waals surface area contributed by atoms with Gasteiger partial charge in [-0.15, -0.1) is 0 Å². The lowest BCUT2D eigenvalue weighted by Gasteiger charge is -2.30. The molecule has 1 N–H and O–H groups in total. The van der Waals surface area contributed by atoms with Crippen LogP contribution in [0.15, 0.2) is 30.3 Å². The third kappa shape index (κ3) is 7.32. The molecule has 0 fully saturated rings. The van der Waals surface area contributed by atoms with Gasteiger partial charge in [0.25, 0.3) is 0 Å². The Morgan fingerprint density at radius 3 is 1.95 bits per heavy atom. The Morgan fingerprint density at radius 2 is 1.43 bits per heavy atom. The molecule has 0 heterocycles. The summed E-state index contributed by atoms with van der Waals surface area (Å²) < 4.78 is 79.9. The van der Waals surface area contributed by atoms with Crippen LogP contribution < -0.4 is 4.90 Å². The fraction of sp³-hybridized carbons (Fsp3) is 0.519. The minimum Gasteiger partial charge on any atom is -0.465 e. The van der Waals surface area contributed by atoms with Crippen LogP contribution in [-0.4, -0.2) is 29.2 Å². The van der Waals surface area contributed by atoms with E-state index in [4.69, 9.17) is 0 Å². The molecule has 0 aliphatic heterocycles. The van der Waals surface area contributed by atoms with Gasteiger partial charge in [-0.2, -0.15) is 26.3 Å². The van der Waals surface area contributed by atoms with Crippen LogP contribution in [0.1, 0.15) is 72.9 Å². The fourth-order valence-corrected chi connectivity index (χ4v) is 4.78. The first-order valence-corrected chi connectivity index (χ1v) is 12.5. The Balaban J connectivity index is 2.00. The number of unbranched alkanes of at least 4 members (excludes halogenated alkanes) is 1. The summed E-state index contributed by atoms with van der Waals surface area (Å²) in [6.07, 6.45) is -5.91. The number of amides is 1. The summed E-state index contributed by atoms with van der Waals surface area (Å²) in [5.74, 6) is 0. The van der Waals surface area contributed by atoms with Crippen molar-refractivity contribution in [3.8, 4) is 0 Å². The number of benzene rings is 2. The third-order valence-corrected chi connectivity index (χ3v) is 6.56. The minimum absolute atomic E-state index is 0.0452. The van der Waals surface area contributed by atoms with Crippen molar-refractivity contribution in [3.05, 3.63) is 63.7 Å². The van der Waals surface area contributed by atoms with E-state index in [1.807, 2.05) is 13.0 Å². The van der Waals surface area contributed by atoms with E-state index in [0.29, 0.717) is 17.7 Å². The molecule has 4 nitrogen and oxygen atoms in total. The molecule has 0 saturated heterocycles. The van der Waals surface area contributed by atoms with Crippen molar-refractivity contribution in [2.24, 2.45) is 0 Å². The maximum Gasteiger partial charge on any atom is 0.416 e. The van der Waals surface area contributed by atoms with E-state index in [-0.39, 0.29) is 18.2 Å². The van der Waals surface area contributed by atoms with Crippen LogP contribution in [0.4, 0.5) is 36.8 Å². The number of anilines is 1. The Kier molecular flexibility index (Phi) is 9.02. The van der Waals surface area contributed by atoms with Gasteiger partial charge in [0, 0.05) is 25.3 Å². The topological polar surface area (TPSA) is 43.8 Å². The van der Waals surface area contributed by atoms with Crippen LogP contribution in [0.5, 0.6) is 0 Å². The summed E-state index contributed by atoms with van der Waals surface area (Å²) in [5, 5.41) is 9.89. The molecule has 0 aromatic heterocycles. The van der Waals surface area contributed by atoms with Crippen LogP contribution in [0.2, 0.25) is 0 Å². The highest BCUT2D eigenvalue weighted by atomic mass is 19.4. The van der Waals surface area contributed by atoms with E-state index < -0.39 is 36.1 Å². The first-order chi connectivity index (χ1) is 17.3. The molecule has 0 saturated carbocycles. The first-order valence-electron chi connectivity index (χ1n) is 12.5. The SMILES string of the molecule is CCCCN(CCC)c1cc2c(cc1CN(Cc1cc(C(F)(F)F)cc(C(F)(F)F)c1)C(=O)O)CCC2. The van der Waals surface area contributed by atoms with E-state index in [1.54, 1.807) is 0 Å². The van der Waals surface area contributed by atoms with Crippen molar-refractivity contribution >= 4 is 11.8 Å². The summed E-state index contributed by atoms with van der Waals surface area (Å²) in [5.41, 5.74) is 0.589. The zero-order valence-electron chi connectivity index (χ0n) is 21.0. The Bertz CT molecular complexity index is 1070. The molecule has 1 aliphatic carbocycles. The number of hydrogen-bond acceptors (Lipinski definition) is 2. The predicted molar refractivity (Wildman–Crippen MR) is 130 cm³/mol. The van der Waals surface area contributed by atoms with Gasteiger partial charge >= 0.3 is 18.4 Å². The molecular weight excluding hydrogens is 498 g/mol. The smallest absolute Gasteiger partial charge is 0.416 e. The summed E-state index contributed by atoms with van der Waals surface area (Å²) in [6.45, 7) is 4.88. The molecule has 1 amide bonds. The highest BCUT2D eigenvalue weighted by Crippen LogP contribution is 2.37. The van der Waals surface area contributed by atoms with Crippen molar-refractivity contribution in [2.45, 2.75) is 77.8 Å². The first kappa shape index (κ1) is 28.7. The van der Waals surface area contributed by atoms with Crippen molar-refractivity contribution in [1.82, 2.24) is 4.90 Å². The molecule has 0 radical (unpaired) electrons. The molecule has 1 aliphatic rings. The van der Waals surface area contributed by atoms with Gasteiger partial charge in [-0.25, -0.2) is 4.79 Å². The summed E-state index contributed by atoms with van der Waals surface area (Å²) in [4.78, 5) is 15.2. The lowest BCUT2D eigenvalue weighted by molar-refractivity contribution is -0.143. The average molecular weight is 531 g/mol. The van der Waals surface area contributed by atoms with Crippen LogP contribution in [-0.2, 0) is 38.3 Å². The van der Waals surface area contributed by atoms with Gasteiger partial charge in [-0.3, -0.25) is 4.90 Å². The molecule has 10 heteroatoms. The molecule has 0 unspecified atom stereocenters. The van der Waals surface area contributed by atoms with Gasteiger partial charge in [0.1, 0.15) is 0 Å². The van der Waals surface area contributed by atoms with Crippen LogP contribution in [0.25, 0.3) is 0 Å². The normalized spacial score (nSPS) is 13.5. The van der Waals surface area contributed by atoms with Crippen LogP contribution in [0.3, 0.4) is 0 Å².